The molecule has 214 valence electrons. The number of halogens is 4. The van der Waals surface area contributed by atoms with E-state index in [-0.39, 0.29) is 28.6 Å². The first-order chi connectivity index (χ1) is 19.5. The number of piperidine rings is 1. The average molecular weight is 586 g/mol. The molecule has 4 aromatic rings. The predicted octanol–water partition coefficient (Wildman–Crippen LogP) is 6.15. The van der Waals surface area contributed by atoms with Crippen molar-refractivity contribution >= 4 is 21.7 Å². The van der Waals surface area contributed by atoms with Crippen molar-refractivity contribution in [2.75, 3.05) is 18.4 Å². The molecule has 0 radical (unpaired) electrons. The Morgan fingerprint density at radius 3 is 2.15 bits per heavy atom. The van der Waals surface area contributed by atoms with Crippen LogP contribution in [0, 0.1) is 11.7 Å². The summed E-state index contributed by atoms with van der Waals surface area (Å²) in [5.74, 6) is -0.0447. The molecule has 1 aliphatic heterocycles. The Kier molecular flexibility index (Phi) is 8.07. The molecule has 12 heteroatoms. The van der Waals surface area contributed by atoms with Gasteiger partial charge >= 0.3 is 6.18 Å². The molecule has 2 heterocycles. The minimum atomic E-state index is -4.42. The molecule has 41 heavy (non-hydrogen) atoms. The number of benzene rings is 3. The third-order valence-electron chi connectivity index (χ3n) is 7.17. The third kappa shape index (κ3) is 6.55. The number of anilines is 2. The lowest BCUT2D eigenvalue weighted by Crippen LogP contribution is -2.40. The van der Waals surface area contributed by atoms with Gasteiger partial charge in [-0.2, -0.15) is 17.5 Å². The number of nitrogens with zero attached hydrogens (tertiary/aromatic N) is 3. The van der Waals surface area contributed by atoms with E-state index in [0.717, 1.165) is 17.7 Å². The van der Waals surface area contributed by atoms with Crippen LogP contribution < -0.4 is 11.1 Å². The molecule has 0 amide bonds. The molecule has 3 N–H and O–H groups in total. The minimum Gasteiger partial charge on any atom is -0.324 e. The summed E-state index contributed by atoms with van der Waals surface area (Å²) in [6, 6.07) is 18.2. The van der Waals surface area contributed by atoms with Gasteiger partial charge in [-0.3, -0.25) is 0 Å². The normalized spacial score (nSPS) is 15.9. The van der Waals surface area contributed by atoms with Crippen molar-refractivity contribution in [1.82, 2.24) is 14.3 Å². The van der Waals surface area contributed by atoms with Crippen molar-refractivity contribution in [3.63, 3.8) is 0 Å². The second-order valence-corrected chi connectivity index (χ2v) is 11.7. The van der Waals surface area contributed by atoms with E-state index in [2.05, 4.69) is 15.3 Å². The Bertz CT molecular complexity index is 1590. The number of nitrogens with one attached hydrogen (secondary N) is 1. The Morgan fingerprint density at radius 2 is 1.54 bits per heavy atom. The Morgan fingerprint density at radius 1 is 0.902 bits per heavy atom. The van der Waals surface area contributed by atoms with Crippen LogP contribution in [0.15, 0.2) is 90.0 Å². The van der Waals surface area contributed by atoms with Crippen LogP contribution in [0.4, 0.5) is 29.2 Å². The van der Waals surface area contributed by atoms with Crippen LogP contribution in [-0.2, 0) is 16.2 Å². The van der Waals surface area contributed by atoms with E-state index in [4.69, 9.17) is 5.73 Å². The van der Waals surface area contributed by atoms with E-state index in [1.165, 1.54) is 46.9 Å². The van der Waals surface area contributed by atoms with E-state index < -0.39 is 21.8 Å². The molecule has 1 aromatic heterocycles. The van der Waals surface area contributed by atoms with Crippen LogP contribution >= 0.6 is 0 Å². The van der Waals surface area contributed by atoms with E-state index >= 15 is 0 Å². The van der Waals surface area contributed by atoms with Crippen molar-refractivity contribution in [3.05, 3.63) is 102 Å². The summed E-state index contributed by atoms with van der Waals surface area (Å²) in [6.45, 7) is 0.652. The third-order valence-corrected chi connectivity index (χ3v) is 9.09. The van der Waals surface area contributed by atoms with Crippen molar-refractivity contribution in [2.24, 2.45) is 11.7 Å². The lowest BCUT2D eigenvalue weighted by Gasteiger charge is -2.34. The monoisotopic (exact) mass is 585 g/mol. The molecule has 5 rings (SSSR count). The maximum absolute atomic E-state index is 13.3. The van der Waals surface area contributed by atoms with E-state index in [1.807, 2.05) is 0 Å². The van der Waals surface area contributed by atoms with Gasteiger partial charge in [0.05, 0.1) is 16.2 Å². The van der Waals surface area contributed by atoms with Crippen LogP contribution in [0.25, 0.3) is 11.3 Å². The van der Waals surface area contributed by atoms with Gasteiger partial charge in [-0.15, -0.1) is 0 Å². The van der Waals surface area contributed by atoms with Gasteiger partial charge in [0.1, 0.15) is 5.82 Å². The molecular weight excluding hydrogens is 558 g/mol. The average Bonchev–Trinajstić information content (AvgIpc) is 2.97. The van der Waals surface area contributed by atoms with Gasteiger partial charge < -0.3 is 11.1 Å². The fraction of sp³-hybridized carbons (Fsp3) is 0.241. The lowest BCUT2D eigenvalue weighted by molar-refractivity contribution is -0.137. The van der Waals surface area contributed by atoms with Gasteiger partial charge in [-0.25, -0.2) is 22.8 Å². The molecule has 0 spiro atoms. The number of nitrogens with two attached hydrogens (primary N) is 1. The summed E-state index contributed by atoms with van der Waals surface area (Å²) in [5, 5.41) is 3.00. The molecule has 7 nitrogen and oxygen atoms in total. The Balaban J connectivity index is 1.21. The van der Waals surface area contributed by atoms with Crippen LogP contribution in [0.5, 0.6) is 0 Å². The summed E-state index contributed by atoms with van der Waals surface area (Å²) in [6.07, 6.45) is -1.77. The number of hydrogen-bond acceptors (Lipinski definition) is 6. The summed E-state index contributed by atoms with van der Waals surface area (Å²) in [4.78, 5) is 8.66. The molecule has 1 fully saturated rings. The Labute approximate surface area is 235 Å². The largest absolute Gasteiger partial charge is 0.416 e. The van der Waals surface area contributed by atoms with Crippen LogP contribution in [0.1, 0.15) is 30.0 Å². The van der Waals surface area contributed by atoms with Crippen LogP contribution in [0.3, 0.4) is 0 Å². The van der Waals surface area contributed by atoms with Crippen molar-refractivity contribution in [1.29, 1.82) is 0 Å². The number of hydrogen-bond donors (Lipinski definition) is 2. The molecule has 0 bridgehead atoms. The highest BCUT2D eigenvalue weighted by Crippen LogP contribution is 2.33. The smallest absolute Gasteiger partial charge is 0.324 e. The molecule has 3 aromatic carbocycles. The van der Waals surface area contributed by atoms with Gasteiger partial charge in [0.25, 0.3) is 0 Å². The first-order valence-corrected chi connectivity index (χ1v) is 14.3. The minimum absolute atomic E-state index is 0.0804. The number of rotatable bonds is 7. The van der Waals surface area contributed by atoms with Crippen molar-refractivity contribution < 1.29 is 26.0 Å². The molecule has 0 unspecified atom stereocenters. The van der Waals surface area contributed by atoms with Gasteiger partial charge in [0, 0.05) is 36.6 Å². The van der Waals surface area contributed by atoms with E-state index in [9.17, 15) is 26.0 Å². The molecule has 1 atom stereocenters. The van der Waals surface area contributed by atoms with Gasteiger partial charge in [-0.1, -0.05) is 24.3 Å². The summed E-state index contributed by atoms with van der Waals surface area (Å²) < 4.78 is 79.8. The zero-order valence-corrected chi connectivity index (χ0v) is 22.5. The quantitative estimate of drug-likeness (QED) is 0.253. The first kappa shape index (κ1) is 28.7. The number of aromatic nitrogens is 2. The summed E-state index contributed by atoms with van der Waals surface area (Å²) in [7, 11) is -3.72. The highest BCUT2D eigenvalue weighted by Gasteiger charge is 2.32. The fourth-order valence-corrected chi connectivity index (χ4v) is 6.30. The van der Waals surface area contributed by atoms with Gasteiger partial charge in [0.2, 0.25) is 16.0 Å². The molecule has 1 saturated heterocycles. The zero-order chi connectivity index (χ0) is 29.2. The highest BCUT2D eigenvalue weighted by atomic mass is 32.2. The van der Waals surface area contributed by atoms with Crippen LogP contribution in [0.2, 0.25) is 0 Å². The number of alkyl halides is 3. The summed E-state index contributed by atoms with van der Waals surface area (Å²) in [5.41, 5.74) is 7.92. The molecule has 1 aliphatic rings. The SMILES string of the molecule is N[C@@H](c1ccc(F)cc1)C1CCN(S(=O)(=O)c2ccc(Nc3nccc(-c4ccc(C(F)(F)F)cc4)n3)cc2)CC1. The van der Waals surface area contributed by atoms with Crippen LogP contribution in [-0.4, -0.2) is 35.8 Å². The second-order valence-electron chi connectivity index (χ2n) is 9.81. The van der Waals surface area contributed by atoms with Crippen molar-refractivity contribution in [2.45, 2.75) is 30.0 Å². The maximum Gasteiger partial charge on any atom is 0.416 e. The molecular formula is C29H27F4N5O2S. The molecule has 0 aliphatic carbocycles. The van der Waals surface area contributed by atoms with E-state index in [1.54, 1.807) is 30.3 Å². The molecule has 0 saturated carbocycles. The fourth-order valence-electron chi connectivity index (χ4n) is 4.83. The topological polar surface area (TPSA) is 101 Å². The van der Waals surface area contributed by atoms with Gasteiger partial charge in [-0.05, 0) is 78.9 Å². The first-order valence-electron chi connectivity index (χ1n) is 12.9. The van der Waals surface area contributed by atoms with E-state index in [0.29, 0.717) is 42.9 Å². The second kappa shape index (κ2) is 11.6. The zero-order valence-electron chi connectivity index (χ0n) is 21.7. The lowest BCUT2D eigenvalue weighted by atomic mass is 9.86. The van der Waals surface area contributed by atoms with Gasteiger partial charge in [0.15, 0.2) is 0 Å². The van der Waals surface area contributed by atoms with Crippen molar-refractivity contribution in [3.8, 4) is 11.3 Å². The standard InChI is InChI=1S/C29H27F4N5O2S/c30-23-7-3-20(4-8-23)27(34)21-14-17-38(18-15-21)41(39,40)25-11-9-24(10-12-25)36-28-35-16-13-26(37-28)19-1-5-22(6-2-19)29(31,32)33/h1-13,16,21,27H,14-15,17-18,34H2,(H,35,36,37)/t27-/m0/s1. The number of sulfonamides is 1. The Hall–Kier alpha value is -3.87. The predicted molar refractivity (Wildman–Crippen MR) is 147 cm³/mol. The maximum atomic E-state index is 13.3. The summed E-state index contributed by atoms with van der Waals surface area (Å²) >= 11 is 0. The highest BCUT2D eigenvalue weighted by molar-refractivity contribution is 7.89.